The largest absolute Gasteiger partial charge is 0.479 e. The second kappa shape index (κ2) is 4.34. The molecule has 0 fully saturated rings. The van der Waals surface area contributed by atoms with Gasteiger partial charge >= 0.3 is 17.2 Å². The van der Waals surface area contributed by atoms with Crippen molar-refractivity contribution in [3.8, 4) is 0 Å². The van der Waals surface area contributed by atoms with Crippen LogP contribution >= 0.6 is 0 Å². The molecule has 0 aliphatic rings. The molecule has 1 aromatic heterocycles. The van der Waals surface area contributed by atoms with E-state index in [1.54, 1.807) is 0 Å². The molecule has 1 unspecified atom stereocenters. The first kappa shape index (κ1) is 12.8. The molecular weight excluding hydrogens is 232 g/mol. The van der Waals surface area contributed by atoms with E-state index in [1.165, 1.54) is 12.3 Å². The third kappa shape index (κ3) is 2.67. The van der Waals surface area contributed by atoms with E-state index in [0.29, 0.717) is 0 Å². The number of carbonyl (C=O) groups is 1. The van der Waals surface area contributed by atoms with Crippen molar-refractivity contribution in [3.05, 3.63) is 38.8 Å². The van der Waals surface area contributed by atoms with E-state index in [9.17, 15) is 24.8 Å². The van der Waals surface area contributed by atoms with Gasteiger partial charge in [-0.2, -0.15) is 0 Å². The van der Waals surface area contributed by atoms with E-state index < -0.39 is 34.3 Å². The fourth-order valence-electron chi connectivity index (χ4n) is 1.19. The summed E-state index contributed by atoms with van der Waals surface area (Å²) in [5, 5.41) is 28.6. The summed E-state index contributed by atoms with van der Waals surface area (Å²) in [5.41, 5.74) is -3.80. The SMILES string of the molecule is CC(O)(Cn1cccc([N+](=O)[O-])c1=O)C(=O)O. The Morgan fingerprint density at radius 3 is 2.71 bits per heavy atom. The first-order valence-electron chi connectivity index (χ1n) is 4.55. The highest BCUT2D eigenvalue weighted by Gasteiger charge is 2.31. The number of aromatic nitrogens is 1. The summed E-state index contributed by atoms with van der Waals surface area (Å²) in [6, 6.07) is 2.24. The van der Waals surface area contributed by atoms with Gasteiger partial charge < -0.3 is 14.8 Å². The zero-order chi connectivity index (χ0) is 13.2. The maximum absolute atomic E-state index is 11.5. The molecule has 8 nitrogen and oxygen atoms in total. The number of hydrogen-bond donors (Lipinski definition) is 2. The van der Waals surface area contributed by atoms with E-state index in [-0.39, 0.29) is 0 Å². The molecule has 0 aromatic carbocycles. The number of pyridine rings is 1. The van der Waals surface area contributed by atoms with Gasteiger partial charge in [0, 0.05) is 12.3 Å². The lowest BCUT2D eigenvalue weighted by Crippen LogP contribution is -2.42. The van der Waals surface area contributed by atoms with Crippen LogP contribution in [0.1, 0.15) is 6.92 Å². The Morgan fingerprint density at radius 2 is 2.24 bits per heavy atom. The Kier molecular flexibility index (Phi) is 3.28. The van der Waals surface area contributed by atoms with E-state index >= 15 is 0 Å². The first-order valence-corrected chi connectivity index (χ1v) is 4.55. The summed E-state index contributed by atoms with van der Waals surface area (Å²) in [6.07, 6.45) is 1.17. The molecule has 0 aliphatic heterocycles. The zero-order valence-electron chi connectivity index (χ0n) is 8.86. The van der Waals surface area contributed by atoms with Crippen molar-refractivity contribution < 1.29 is 19.9 Å². The maximum Gasteiger partial charge on any atom is 0.337 e. The Balaban J connectivity index is 3.18. The number of nitrogens with zero attached hydrogens (tertiary/aromatic N) is 2. The van der Waals surface area contributed by atoms with Crippen molar-refractivity contribution in [3.63, 3.8) is 0 Å². The minimum absolute atomic E-state index is 0.567. The molecular formula is C9H10N2O6. The van der Waals surface area contributed by atoms with Crippen molar-refractivity contribution in [2.24, 2.45) is 0 Å². The van der Waals surface area contributed by atoms with Crippen LogP contribution in [0.5, 0.6) is 0 Å². The Bertz CT molecular complexity index is 518. The molecule has 17 heavy (non-hydrogen) atoms. The van der Waals surface area contributed by atoms with E-state index in [2.05, 4.69) is 0 Å². The number of aliphatic carboxylic acids is 1. The molecule has 0 aliphatic carbocycles. The summed E-state index contributed by atoms with van der Waals surface area (Å²) >= 11 is 0. The molecule has 0 saturated heterocycles. The number of hydrogen-bond acceptors (Lipinski definition) is 5. The van der Waals surface area contributed by atoms with Crippen molar-refractivity contribution in [2.45, 2.75) is 19.1 Å². The Hall–Kier alpha value is -2.22. The molecule has 1 heterocycles. The monoisotopic (exact) mass is 242 g/mol. The molecule has 1 rings (SSSR count). The van der Waals surface area contributed by atoms with Crippen molar-refractivity contribution in [1.82, 2.24) is 4.57 Å². The third-order valence-electron chi connectivity index (χ3n) is 2.14. The Labute approximate surface area is 94.9 Å². The van der Waals surface area contributed by atoms with Gasteiger partial charge in [-0.25, -0.2) is 4.79 Å². The predicted octanol–water partition coefficient (Wildman–Crippen LogP) is -0.408. The van der Waals surface area contributed by atoms with Crippen LogP contribution in [0.15, 0.2) is 23.1 Å². The molecule has 0 radical (unpaired) electrons. The van der Waals surface area contributed by atoms with Gasteiger partial charge in [0.05, 0.1) is 11.5 Å². The minimum atomic E-state index is -2.17. The summed E-state index contributed by atoms with van der Waals surface area (Å²) in [6.45, 7) is 0.434. The molecule has 0 bridgehead atoms. The number of carboxylic acid groups (broad SMARTS) is 1. The number of carboxylic acids is 1. The average molecular weight is 242 g/mol. The average Bonchev–Trinajstić information content (AvgIpc) is 2.20. The van der Waals surface area contributed by atoms with Gasteiger partial charge in [-0.15, -0.1) is 0 Å². The minimum Gasteiger partial charge on any atom is -0.479 e. The fraction of sp³-hybridized carbons (Fsp3) is 0.333. The van der Waals surface area contributed by atoms with Crippen LogP contribution in [0.25, 0.3) is 0 Å². The van der Waals surface area contributed by atoms with Gasteiger partial charge in [-0.1, -0.05) is 0 Å². The van der Waals surface area contributed by atoms with Gasteiger partial charge in [0.25, 0.3) is 0 Å². The second-order valence-corrected chi connectivity index (χ2v) is 3.66. The lowest BCUT2D eigenvalue weighted by atomic mass is 10.1. The Morgan fingerprint density at radius 1 is 1.65 bits per heavy atom. The predicted molar refractivity (Wildman–Crippen MR) is 55.6 cm³/mol. The highest BCUT2D eigenvalue weighted by molar-refractivity contribution is 5.76. The van der Waals surface area contributed by atoms with E-state index in [1.807, 2.05) is 0 Å². The van der Waals surface area contributed by atoms with Gasteiger partial charge in [0.15, 0.2) is 5.60 Å². The summed E-state index contributed by atoms with van der Waals surface area (Å²) in [7, 11) is 0. The zero-order valence-corrected chi connectivity index (χ0v) is 8.86. The smallest absolute Gasteiger partial charge is 0.337 e. The normalized spacial score (nSPS) is 14.0. The fourth-order valence-corrected chi connectivity index (χ4v) is 1.19. The molecule has 1 atom stereocenters. The van der Waals surface area contributed by atoms with Crippen molar-refractivity contribution in [1.29, 1.82) is 0 Å². The third-order valence-corrected chi connectivity index (χ3v) is 2.14. The maximum atomic E-state index is 11.5. The second-order valence-electron chi connectivity index (χ2n) is 3.66. The first-order chi connectivity index (χ1) is 7.75. The van der Waals surface area contributed by atoms with Gasteiger partial charge in [0.2, 0.25) is 0 Å². The topological polar surface area (TPSA) is 123 Å². The quantitative estimate of drug-likeness (QED) is 0.546. The number of aliphatic hydroxyl groups is 1. The summed E-state index contributed by atoms with van der Waals surface area (Å²) < 4.78 is 0.784. The van der Waals surface area contributed by atoms with Gasteiger partial charge in [-0.3, -0.25) is 14.9 Å². The van der Waals surface area contributed by atoms with Crippen LogP contribution in [0.2, 0.25) is 0 Å². The van der Waals surface area contributed by atoms with Crippen LogP contribution in [0.3, 0.4) is 0 Å². The van der Waals surface area contributed by atoms with Crippen LogP contribution in [-0.2, 0) is 11.3 Å². The van der Waals surface area contributed by atoms with Crippen LogP contribution < -0.4 is 5.56 Å². The summed E-state index contributed by atoms with van der Waals surface area (Å²) in [4.78, 5) is 31.8. The van der Waals surface area contributed by atoms with Crippen molar-refractivity contribution in [2.75, 3.05) is 0 Å². The number of nitro groups is 1. The molecule has 0 spiro atoms. The molecule has 8 heteroatoms. The van der Waals surface area contributed by atoms with Crippen LogP contribution in [0.4, 0.5) is 5.69 Å². The summed E-state index contributed by atoms with van der Waals surface area (Å²) in [5.74, 6) is -1.52. The highest BCUT2D eigenvalue weighted by Crippen LogP contribution is 2.08. The lowest BCUT2D eigenvalue weighted by molar-refractivity contribution is -0.386. The van der Waals surface area contributed by atoms with Crippen LogP contribution in [0, 0.1) is 10.1 Å². The molecule has 1 aromatic rings. The molecule has 2 N–H and O–H groups in total. The van der Waals surface area contributed by atoms with E-state index in [4.69, 9.17) is 5.11 Å². The lowest BCUT2D eigenvalue weighted by Gasteiger charge is -2.18. The molecule has 92 valence electrons. The molecule has 0 amide bonds. The standard InChI is InChI=1S/C9H10N2O6/c1-9(15,8(13)14)5-10-4-2-3-6(7(10)12)11(16)17/h2-4,15H,5H2,1H3,(H,13,14). The van der Waals surface area contributed by atoms with Crippen molar-refractivity contribution >= 4 is 11.7 Å². The van der Waals surface area contributed by atoms with Gasteiger partial charge in [-0.05, 0) is 13.0 Å². The van der Waals surface area contributed by atoms with E-state index in [0.717, 1.165) is 17.6 Å². The van der Waals surface area contributed by atoms with Gasteiger partial charge in [0.1, 0.15) is 0 Å². The molecule has 0 saturated carbocycles. The highest BCUT2D eigenvalue weighted by atomic mass is 16.6. The number of rotatable bonds is 4. The van der Waals surface area contributed by atoms with Crippen LogP contribution in [-0.4, -0.2) is 31.3 Å².